The summed E-state index contributed by atoms with van der Waals surface area (Å²) in [7, 11) is -3.34. The molecule has 152 valence electrons. The first kappa shape index (κ1) is 22.9. The summed E-state index contributed by atoms with van der Waals surface area (Å²) in [5, 5.41) is 2.89. The van der Waals surface area contributed by atoms with Gasteiger partial charge in [0.2, 0.25) is 15.9 Å². The number of carbonyl (C=O) groups is 1. The number of nitrogens with one attached hydrogen (secondary N) is 2. The van der Waals surface area contributed by atoms with Gasteiger partial charge in [0, 0.05) is 22.0 Å². The van der Waals surface area contributed by atoms with E-state index in [0.29, 0.717) is 17.9 Å². The minimum atomic E-state index is -3.34. The molecule has 0 aliphatic heterocycles. The van der Waals surface area contributed by atoms with Crippen LogP contribution in [0.2, 0.25) is 0 Å². The van der Waals surface area contributed by atoms with Crippen LogP contribution in [-0.4, -0.2) is 26.1 Å². The van der Waals surface area contributed by atoms with Crippen LogP contribution >= 0.6 is 27.7 Å². The van der Waals surface area contributed by atoms with Crippen molar-refractivity contribution in [2.24, 2.45) is 0 Å². The Labute approximate surface area is 179 Å². The van der Waals surface area contributed by atoms with E-state index in [9.17, 15) is 13.2 Å². The fourth-order valence-electron chi connectivity index (χ4n) is 2.54. The van der Waals surface area contributed by atoms with Crippen LogP contribution in [-0.2, 0) is 27.1 Å². The van der Waals surface area contributed by atoms with Crippen molar-refractivity contribution in [3.05, 3.63) is 63.6 Å². The zero-order valence-electron chi connectivity index (χ0n) is 16.2. The first-order chi connectivity index (χ1) is 13.1. The van der Waals surface area contributed by atoms with Gasteiger partial charge in [-0.2, -0.15) is 0 Å². The third-order valence-corrected chi connectivity index (χ3v) is 6.99. The highest BCUT2D eigenvalue weighted by Gasteiger charge is 2.13. The van der Waals surface area contributed by atoms with Crippen molar-refractivity contribution >= 4 is 43.6 Å². The van der Waals surface area contributed by atoms with E-state index >= 15 is 0 Å². The molecule has 0 radical (unpaired) electrons. The summed E-state index contributed by atoms with van der Waals surface area (Å²) in [4.78, 5) is 13.2. The number of aryl methyl sites for hydroxylation is 1. The summed E-state index contributed by atoms with van der Waals surface area (Å²) in [6, 6.07) is 13.1. The van der Waals surface area contributed by atoms with Crippen LogP contribution in [0.5, 0.6) is 0 Å². The third-order valence-electron chi connectivity index (χ3n) is 3.78. The number of hydrogen-bond donors (Lipinski definition) is 2. The monoisotopic (exact) mass is 484 g/mol. The molecule has 1 amide bonds. The molecule has 0 heterocycles. The smallest absolute Gasteiger partial charge is 0.230 e. The van der Waals surface area contributed by atoms with Crippen LogP contribution in [0.4, 0.5) is 0 Å². The van der Waals surface area contributed by atoms with Crippen LogP contribution in [0.15, 0.2) is 51.8 Å². The Morgan fingerprint density at radius 2 is 1.75 bits per heavy atom. The number of thioether (sulfide) groups is 1. The van der Waals surface area contributed by atoms with Gasteiger partial charge in [0.15, 0.2) is 0 Å². The highest BCUT2D eigenvalue weighted by atomic mass is 79.9. The Hall–Kier alpha value is -1.35. The molecule has 2 aromatic rings. The second-order valence-electron chi connectivity index (χ2n) is 6.82. The molecular weight excluding hydrogens is 460 g/mol. The number of sulfonamides is 1. The van der Waals surface area contributed by atoms with Crippen molar-refractivity contribution in [1.29, 1.82) is 0 Å². The van der Waals surface area contributed by atoms with E-state index in [0.717, 1.165) is 20.5 Å². The quantitative estimate of drug-likeness (QED) is 0.527. The SMILES string of the molecule is Cc1cc(Br)ccc1SCC(=O)NCc1ccc(CS(=O)(=O)NC(C)C)cc1. The summed E-state index contributed by atoms with van der Waals surface area (Å²) in [6.07, 6.45) is 0. The molecule has 28 heavy (non-hydrogen) atoms. The highest BCUT2D eigenvalue weighted by molar-refractivity contribution is 9.10. The zero-order valence-corrected chi connectivity index (χ0v) is 19.4. The molecule has 0 spiro atoms. The molecule has 0 aromatic heterocycles. The predicted molar refractivity (Wildman–Crippen MR) is 119 cm³/mol. The number of halogens is 1. The Morgan fingerprint density at radius 1 is 1.11 bits per heavy atom. The van der Waals surface area contributed by atoms with Gasteiger partial charge in [-0.15, -0.1) is 11.8 Å². The van der Waals surface area contributed by atoms with Crippen molar-refractivity contribution in [1.82, 2.24) is 10.0 Å². The molecule has 0 fully saturated rings. The molecule has 0 aliphatic rings. The zero-order chi connectivity index (χ0) is 20.7. The van der Waals surface area contributed by atoms with Gasteiger partial charge >= 0.3 is 0 Å². The fraction of sp³-hybridized carbons (Fsp3) is 0.350. The second-order valence-corrected chi connectivity index (χ2v) is 10.5. The van der Waals surface area contributed by atoms with E-state index in [-0.39, 0.29) is 17.7 Å². The molecule has 5 nitrogen and oxygen atoms in total. The van der Waals surface area contributed by atoms with Crippen molar-refractivity contribution in [3.8, 4) is 0 Å². The fourth-order valence-corrected chi connectivity index (χ4v) is 5.29. The topological polar surface area (TPSA) is 75.3 Å². The summed E-state index contributed by atoms with van der Waals surface area (Å²) in [6.45, 7) is 6.01. The molecular formula is C20H25BrN2O3S2. The van der Waals surface area contributed by atoms with Gasteiger partial charge in [0.1, 0.15) is 0 Å². The summed E-state index contributed by atoms with van der Waals surface area (Å²) in [5.41, 5.74) is 2.77. The lowest BCUT2D eigenvalue weighted by molar-refractivity contribution is -0.118. The Kier molecular flexibility index (Phi) is 8.55. The standard InChI is InChI=1S/C20H25BrN2O3S2/c1-14(2)23-28(25,26)13-17-6-4-16(5-7-17)11-22-20(24)12-27-19-9-8-18(21)10-15(19)3/h4-10,14,23H,11-13H2,1-3H3,(H,22,24). The van der Waals surface area contributed by atoms with Crippen LogP contribution in [0, 0.1) is 6.92 Å². The van der Waals surface area contributed by atoms with E-state index in [1.807, 2.05) is 37.3 Å². The molecule has 2 N–H and O–H groups in total. The largest absolute Gasteiger partial charge is 0.351 e. The first-order valence-electron chi connectivity index (χ1n) is 8.88. The number of amides is 1. The molecule has 0 atom stereocenters. The summed E-state index contributed by atoms with van der Waals surface area (Å²) in [5.74, 6) is 0.251. The van der Waals surface area contributed by atoms with E-state index in [4.69, 9.17) is 0 Å². The third kappa shape index (κ3) is 7.95. The molecule has 2 aromatic carbocycles. The van der Waals surface area contributed by atoms with Gasteiger partial charge in [0.25, 0.3) is 0 Å². The van der Waals surface area contributed by atoms with Crippen molar-refractivity contribution in [3.63, 3.8) is 0 Å². The minimum Gasteiger partial charge on any atom is -0.351 e. The molecule has 0 bridgehead atoms. The molecule has 0 aliphatic carbocycles. The lowest BCUT2D eigenvalue weighted by Gasteiger charge is -2.10. The average Bonchev–Trinajstić information content (AvgIpc) is 2.59. The molecule has 0 saturated heterocycles. The predicted octanol–water partition coefficient (Wildman–Crippen LogP) is 3.99. The Bertz CT molecular complexity index is 914. The number of rotatable bonds is 9. The summed E-state index contributed by atoms with van der Waals surface area (Å²) >= 11 is 4.94. The maximum atomic E-state index is 12.1. The lowest BCUT2D eigenvalue weighted by atomic mass is 10.1. The van der Waals surface area contributed by atoms with E-state index in [1.54, 1.807) is 26.0 Å². The maximum absolute atomic E-state index is 12.1. The van der Waals surface area contributed by atoms with Crippen LogP contribution < -0.4 is 10.0 Å². The van der Waals surface area contributed by atoms with Crippen LogP contribution in [0.1, 0.15) is 30.5 Å². The number of benzene rings is 2. The van der Waals surface area contributed by atoms with E-state index in [2.05, 4.69) is 26.0 Å². The summed E-state index contributed by atoms with van der Waals surface area (Å²) < 4.78 is 27.5. The first-order valence-corrected chi connectivity index (χ1v) is 12.3. The Balaban J connectivity index is 1.81. The van der Waals surface area contributed by atoms with Crippen LogP contribution in [0.3, 0.4) is 0 Å². The normalized spacial score (nSPS) is 11.6. The van der Waals surface area contributed by atoms with E-state index < -0.39 is 10.0 Å². The van der Waals surface area contributed by atoms with E-state index in [1.165, 1.54) is 11.8 Å². The van der Waals surface area contributed by atoms with Crippen molar-refractivity contribution in [2.45, 2.75) is 44.0 Å². The van der Waals surface area contributed by atoms with Crippen LogP contribution in [0.25, 0.3) is 0 Å². The number of hydrogen-bond acceptors (Lipinski definition) is 4. The Morgan fingerprint density at radius 3 is 2.36 bits per heavy atom. The lowest BCUT2D eigenvalue weighted by Crippen LogP contribution is -2.31. The molecule has 0 saturated carbocycles. The van der Waals surface area contributed by atoms with Gasteiger partial charge in [-0.3, -0.25) is 4.79 Å². The average molecular weight is 485 g/mol. The molecule has 8 heteroatoms. The van der Waals surface area contributed by atoms with Gasteiger partial charge in [0.05, 0.1) is 11.5 Å². The van der Waals surface area contributed by atoms with Crippen molar-refractivity contribution in [2.75, 3.05) is 5.75 Å². The molecule has 0 unspecified atom stereocenters. The van der Waals surface area contributed by atoms with Crippen molar-refractivity contribution < 1.29 is 13.2 Å². The van der Waals surface area contributed by atoms with Gasteiger partial charge in [-0.05, 0) is 55.7 Å². The highest BCUT2D eigenvalue weighted by Crippen LogP contribution is 2.25. The second kappa shape index (κ2) is 10.4. The maximum Gasteiger partial charge on any atom is 0.230 e. The number of carbonyl (C=O) groups excluding carboxylic acids is 1. The van der Waals surface area contributed by atoms with Gasteiger partial charge in [-0.25, -0.2) is 13.1 Å². The van der Waals surface area contributed by atoms with Gasteiger partial charge < -0.3 is 5.32 Å². The van der Waals surface area contributed by atoms with Gasteiger partial charge in [-0.1, -0.05) is 40.2 Å². The minimum absolute atomic E-state index is 0.0416. The molecule has 2 rings (SSSR count).